The zero-order valence-electron chi connectivity index (χ0n) is 7.01. The van der Waals surface area contributed by atoms with Crippen molar-refractivity contribution in [2.75, 3.05) is 0 Å². The minimum absolute atomic E-state index is 0.321. The van der Waals surface area contributed by atoms with E-state index >= 15 is 0 Å². The van der Waals surface area contributed by atoms with Gasteiger partial charge in [-0.25, -0.2) is 0 Å². The lowest BCUT2D eigenvalue weighted by Crippen LogP contribution is -2.24. The van der Waals surface area contributed by atoms with Crippen LogP contribution in [0.5, 0.6) is 0 Å². The molecular formula is C11H8N2. The first-order valence-electron chi connectivity index (χ1n) is 4.41. The van der Waals surface area contributed by atoms with Gasteiger partial charge in [0.2, 0.25) is 0 Å². The van der Waals surface area contributed by atoms with Crippen LogP contribution >= 0.6 is 0 Å². The number of allylic oxidation sites excluding steroid dienone is 2. The molecule has 0 aromatic heterocycles. The highest BCUT2D eigenvalue weighted by Gasteiger charge is 2.45. The predicted octanol–water partition coefficient (Wildman–Crippen LogP) is 2.11. The molecule has 0 aliphatic heterocycles. The molecule has 13 heavy (non-hydrogen) atoms. The van der Waals surface area contributed by atoms with Crippen LogP contribution in [0.1, 0.15) is 23.0 Å². The molecule has 0 saturated heterocycles. The Morgan fingerprint density at radius 1 is 1.15 bits per heavy atom. The Hall–Kier alpha value is -1.66. The summed E-state index contributed by atoms with van der Waals surface area (Å²) < 4.78 is 0. The maximum Gasteiger partial charge on any atom is 0.300 e. The Kier molecular flexibility index (Phi) is 1.14. The van der Waals surface area contributed by atoms with Crippen molar-refractivity contribution in [3.8, 4) is 0 Å². The highest BCUT2D eigenvalue weighted by atomic mass is 14.9. The van der Waals surface area contributed by atoms with E-state index in [0.717, 1.165) is 5.71 Å². The van der Waals surface area contributed by atoms with Crippen molar-refractivity contribution in [1.82, 2.24) is 0 Å². The number of nitrogens with zero attached hydrogens (tertiary/aromatic N) is 2. The number of benzene rings is 1. The van der Waals surface area contributed by atoms with Crippen molar-refractivity contribution in [3.63, 3.8) is 0 Å². The molecule has 0 fully saturated rings. The van der Waals surface area contributed by atoms with Crippen LogP contribution in [0.4, 0.5) is 0 Å². The van der Waals surface area contributed by atoms with E-state index in [9.17, 15) is 0 Å². The van der Waals surface area contributed by atoms with Gasteiger partial charge in [0.05, 0.1) is 5.92 Å². The molecule has 0 heterocycles. The molecular weight excluding hydrogens is 160 g/mol. The summed E-state index contributed by atoms with van der Waals surface area (Å²) in [6, 6.07) is 8.33. The van der Waals surface area contributed by atoms with Gasteiger partial charge in [0.25, 0.3) is 5.71 Å². The van der Waals surface area contributed by atoms with Crippen LogP contribution in [0.15, 0.2) is 36.4 Å². The quantitative estimate of drug-likeness (QED) is 0.420. The Bertz CT molecular complexity index is 453. The second-order valence-electron chi connectivity index (χ2n) is 3.52. The second kappa shape index (κ2) is 2.18. The van der Waals surface area contributed by atoms with Gasteiger partial charge in [0, 0.05) is 12.0 Å². The smallest absolute Gasteiger partial charge is 0.300 e. The van der Waals surface area contributed by atoms with Gasteiger partial charge in [-0.2, -0.15) is 4.79 Å². The van der Waals surface area contributed by atoms with Gasteiger partial charge in [-0.15, -0.1) is 0 Å². The summed E-state index contributed by atoms with van der Waals surface area (Å²) >= 11 is 0. The molecule has 3 rings (SSSR count). The SMILES string of the molecule is [N-]=[N+]=C1C=CC2c3ccccc3C12. The second-order valence-corrected chi connectivity index (χ2v) is 3.52. The lowest BCUT2D eigenvalue weighted by Gasteiger charge is -2.30. The van der Waals surface area contributed by atoms with Crippen LogP contribution in [0, 0.1) is 0 Å². The van der Waals surface area contributed by atoms with Crippen molar-refractivity contribution in [3.05, 3.63) is 53.1 Å². The van der Waals surface area contributed by atoms with Crippen LogP contribution in [-0.2, 0) is 0 Å². The highest BCUT2D eigenvalue weighted by molar-refractivity contribution is 6.02. The van der Waals surface area contributed by atoms with Gasteiger partial charge in [-0.3, -0.25) is 0 Å². The fourth-order valence-corrected chi connectivity index (χ4v) is 2.33. The largest absolute Gasteiger partial charge is 0.361 e. The van der Waals surface area contributed by atoms with E-state index in [4.69, 9.17) is 5.53 Å². The molecule has 1 aromatic rings. The van der Waals surface area contributed by atoms with E-state index in [1.165, 1.54) is 11.1 Å². The van der Waals surface area contributed by atoms with Crippen molar-refractivity contribution in [2.45, 2.75) is 11.8 Å². The molecule has 0 N–H and O–H groups in total. The zero-order chi connectivity index (χ0) is 8.84. The Labute approximate surface area is 76.1 Å². The number of hydrogen-bond donors (Lipinski definition) is 0. The normalized spacial score (nSPS) is 27.5. The standard InChI is InChI=1S/C11H8N2/c12-13-10-6-5-9-7-3-1-2-4-8(7)11(9)10/h1-6,9,11H. The van der Waals surface area contributed by atoms with Gasteiger partial charge in [-0.05, 0) is 11.1 Å². The third kappa shape index (κ3) is 0.688. The third-order valence-electron chi connectivity index (χ3n) is 2.96. The van der Waals surface area contributed by atoms with Crippen LogP contribution < -0.4 is 0 Å². The summed E-state index contributed by atoms with van der Waals surface area (Å²) in [4.78, 5) is 3.30. The molecule has 2 atom stereocenters. The summed E-state index contributed by atoms with van der Waals surface area (Å²) in [7, 11) is 0. The highest BCUT2D eigenvalue weighted by Crippen LogP contribution is 2.50. The molecule has 0 saturated carbocycles. The summed E-state index contributed by atoms with van der Waals surface area (Å²) in [5, 5.41) is 0. The summed E-state index contributed by atoms with van der Waals surface area (Å²) in [5.74, 6) is 0.781. The Morgan fingerprint density at radius 3 is 2.69 bits per heavy atom. The molecule has 2 heteroatoms. The van der Waals surface area contributed by atoms with Crippen molar-refractivity contribution in [1.29, 1.82) is 0 Å². The molecule has 0 spiro atoms. The molecule has 2 aliphatic rings. The fourth-order valence-electron chi connectivity index (χ4n) is 2.33. The molecule has 2 unspecified atom stereocenters. The average molecular weight is 168 g/mol. The van der Waals surface area contributed by atoms with Gasteiger partial charge in [0.1, 0.15) is 0 Å². The maximum absolute atomic E-state index is 8.75. The summed E-state index contributed by atoms with van der Waals surface area (Å²) in [5.41, 5.74) is 12.2. The lowest BCUT2D eigenvalue weighted by atomic mass is 9.69. The van der Waals surface area contributed by atoms with E-state index < -0.39 is 0 Å². The monoisotopic (exact) mass is 168 g/mol. The number of fused-ring (bicyclic) bond motifs is 4. The first-order valence-corrected chi connectivity index (χ1v) is 4.41. The molecule has 0 amide bonds. The average Bonchev–Trinajstić information content (AvgIpc) is 2.52. The Balaban J connectivity index is 2.19. The van der Waals surface area contributed by atoms with E-state index in [2.05, 4.69) is 29.1 Å². The predicted molar refractivity (Wildman–Crippen MR) is 49.7 cm³/mol. The molecule has 0 radical (unpaired) electrons. The number of hydrogen-bond acceptors (Lipinski definition) is 0. The number of rotatable bonds is 0. The van der Waals surface area contributed by atoms with E-state index in [-0.39, 0.29) is 0 Å². The molecule has 0 bridgehead atoms. The lowest BCUT2D eigenvalue weighted by molar-refractivity contribution is -0.00807. The molecule has 2 aliphatic carbocycles. The van der Waals surface area contributed by atoms with Crippen LogP contribution in [0.3, 0.4) is 0 Å². The molecule has 2 nitrogen and oxygen atoms in total. The van der Waals surface area contributed by atoms with E-state index in [1.54, 1.807) is 0 Å². The van der Waals surface area contributed by atoms with E-state index in [1.807, 2.05) is 12.1 Å². The van der Waals surface area contributed by atoms with Crippen molar-refractivity contribution >= 4 is 5.71 Å². The maximum atomic E-state index is 8.75. The van der Waals surface area contributed by atoms with Crippen LogP contribution in [-0.4, -0.2) is 10.5 Å². The van der Waals surface area contributed by atoms with Crippen molar-refractivity contribution in [2.24, 2.45) is 0 Å². The first-order chi connectivity index (χ1) is 6.42. The first kappa shape index (κ1) is 6.81. The van der Waals surface area contributed by atoms with E-state index in [0.29, 0.717) is 11.8 Å². The van der Waals surface area contributed by atoms with Gasteiger partial charge >= 0.3 is 0 Å². The van der Waals surface area contributed by atoms with Crippen LogP contribution in [0.25, 0.3) is 5.53 Å². The fraction of sp³-hybridized carbons (Fsp3) is 0.182. The third-order valence-corrected chi connectivity index (χ3v) is 2.96. The molecule has 62 valence electrons. The Morgan fingerprint density at radius 2 is 1.92 bits per heavy atom. The topological polar surface area (TPSA) is 36.4 Å². The van der Waals surface area contributed by atoms with Gasteiger partial charge < -0.3 is 5.53 Å². The summed E-state index contributed by atoms with van der Waals surface area (Å²) in [6.07, 6.45) is 4.03. The zero-order valence-corrected chi connectivity index (χ0v) is 7.01. The summed E-state index contributed by atoms with van der Waals surface area (Å²) in [6.45, 7) is 0. The van der Waals surface area contributed by atoms with Gasteiger partial charge in [0.15, 0.2) is 0 Å². The van der Waals surface area contributed by atoms with Crippen LogP contribution in [0.2, 0.25) is 0 Å². The molecule has 1 aromatic carbocycles. The van der Waals surface area contributed by atoms with Gasteiger partial charge in [-0.1, -0.05) is 30.3 Å². The minimum atomic E-state index is 0.321. The minimum Gasteiger partial charge on any atom is -0.361 e. The van der Waals surface area contributed by atoms with Crippen molar-refractivity contribution < 1.29 is 4.79 Å².